The Bertz CT molecular complexity index is 542. The summed E-state index contributed by atoms with van der Waals surface area (Å²) in [5.74, 6) is 0.635. The van der Waals surface area contributed by atoms with Gasteiger partial charge in [0, 0.05) is 10.9 Å². The molecule has 1 heterocycles. The third kappa shape index (κ3) is 2.22. The van der Waals surface area contributed by atoms with Gasteiger partial charge in [0.15, 0.2) is 0 Å². The van der Waals surface area contributed by atoms with Crippen molar-refractivity contribution in [2.24, 2.45) is 0 Å². The Morgan fingerprint density at radius 3 is 2.35 bits per heavy atom. The minimum absolute atomic E-state index is 0.0398. The normalized spacial score (nSPS) is 14.2. The Kier molecular flexibility index (Phi) is 2.78. The molecule has 1 N–H and O–H groups in total. The number of hydrogen-bond donors (Lipinski definition) is 1. The zero-order valence-corrected chi connectivity index (χ0v) is 11.2. The predicted molar refractivity (Wildman–Crippen MR) is 70.3 cm³/mol. The van der Waals surface area contributed by atoms with E-state index < -0.39 is 6.10 Å². The fourth-order valence-electron chi connectivity index (χ4n) is 2.09. The molecule has 1 atom stereocenters. The molecule has 2 heteroatoms. The highest BCUT2D eigenvalue weighted by molar-refractivity contribution is 5.83. The van der Waals surface area contributed by atoms with Gasteiger partial charge in [-0.15, -0.1) is 0 Å². The van der Waals surface area contributed by atoms with Crippen molar-refractivity contribution in [2.75, 3.05) is 0 Å². The summed E-state index contributed by atoms with van der Waals surface area (Å²) in [6.07, 6.45) is -0.560. The Morgan fingerprint density at radius 2 is 1.82 bits per heavy atom. The first-order chi connectivity index (χ1) is 7.79. The molecule has 92 valence electrons. The molecule has 2 rings (SSSR count). The van der Waals surface area contributed by atoms with Gasteiger partial charge in [0.05, 0.1) is 0 Å². The van der Waals surface area contributed by atoms with Gasteiger partial charge < -0.3 is 9.52 Å². The van der Waals surface area contributed by atoms with E-state index in [1.165, 1.54) is 11.1 Å². The van der Waals surface area contributed by atoms with Crippen molar-refractivity contribution in [3.63, 3.8) is 0 Å². The molecule has 0 spiro atoms. The molecule has 0 saturated carbocycles. The number of furan rings is 1. The molecule has 17 heavy (non-hydrogen) atoms. The van der Waals surface area contributed by atoms with Crippen molar-refractivity contribution < 1.29 is 9.52 Å². The number of benzene rings is 1. The Hall–Kier alpha value is -1.28. The van der Waals surface area contributed by atoms with Crippen molar-refractivity contribution in [3.05, 3.63) is 35.1 Å². The molecule has 0 aliphatic heterocycles. The van der Waals surface area contributed by atoms with E-state index in [1.807, 2.05) is 6.07 Å². The van der Waals surface area contributed by atoms with Crippen LogP contribution < -0.4 is 0 Å². The molecule has 0 amide bonds. The van der Waals surface area contributed by atoms with Crippen molar-refractivity contribution in [3.8, 4) is 0 Å². The molecule has 0 bridgehead atoms. The minimum atomic E-state index is -0.560. The highest BCUT2D eigenvalue weighted by Crippen LogP contribution is 2.34. The van der Waals surface area contributed by atoms with E-state index in [0.29, 0.717) is 5.76 Å². The maximum atomic E-state index is 9.59. The Balaban J connectivity index is 2.75. The maximum absolute atomic E-state index is 9.59. The third-order valence-corrected chi connectivity index (χ3v) is 3.00. The maximum Gasteiger partial charge on any atom is 0.138 e. The highest BCUT2D eigenvalue weighted by Gasteiger charge is 2.21. The van der Waals surface area contributed by atoms with Crippen LogP contribution in [0.1, 0.15) is 50.7 Å². The SMILES string of the molecule is Cc1cc(C(C)(C)C)c2oc(C(C)O)cc2c1. The third-order valence-electron chi connectivity index (χ3n) is 3.00. The van der Waals surface area contributed by atoms with Crippen LogP contribution in [0, 0.1) is 6.92 Å². The summed E-state index contributed by atoms with van der Waals surface area (Å²) in [5, 5.41) is 10.7. The second-order valence-corrected chi connectivity index (χ2v) is 5.81. The van der Waals surface area contributed by atoms with E-state index in [1.54, 1.807) is 6.92 Å². The first-order valence-corrected chi connectivity index (χ1v) is 6.01. The second kappa shape index (κ2) is 3.88. The van der Waals surface area contributed by atoms with Crippen molar-refractivity contribution >= 4 is 11.0 Å². The molecular formula is C15H20O2. The number of fused-ring (bicyclic) bond motifs is 1. The monoisotopic (exact) mass is 232 g/mol. The molecule has 0 saturated heterocycles. The predicted octanol–water partition coefficient (Wildman–Crippen LogP) is 4.09. The van der Waals surface area contributed by atoms with E-state index in [2.05, 4.69) is 39.8 Å². The van der Waals surface area contributed by atoms with Gasteiger partial charge in [-0.1, -0.05) is 26.8 Å². The van der Waals surface area contributed by atoms with Gasteiger partial charge in [-0.05, 0) is 37.0 Å². The van der Waals surface area contributed by atoms with Gasteiger partial charge in [-0.3, -0.25) is 0 Å². The first kappa shape index (κ1) is 12.2. The molecule has 0 aliphatic carbocycles. The summed E-state index contributed by atoms with van der Waals surface area (Å²) in [4.78, 5) is 0. The topological polar surface area (TPSA) is 33.4 Å². The van der Waals surface area contributed by atoms with Crippen LogP contribution in [-0.4, -0.2) is 5.11 Å². The fourth-order valence-corrected chi connectivity index (χ4v) is 2.09. The molecule has 0 radical (unpaired) electrons. The molecular weight excluding hydrogens is 212 g/mol. The van der Waals surface area contributed by atoms with Crippen LogP contribution >= 0.6 is 0 Å². The zero-order valence-electron chi connectivity index (χ0n) is 11.2. The van der Waals surface area contributed by atoms with Crippen LogP contribution in [0.5, 0.6) is 0 Å². The van der Waals surface area contributed by atoms with Crippen molar-refractivity contribution in [2.45, 2.75) is 46.1 Å². The molecule has 1 aromatic carbocycles. The second-order valence-electron chi connectivity index (χ2n) is 5.81. The highest BCUT2D eigenvalue weighted by atomic mass is 16.4. The van der Waals surface area contributed by atoms with Crippen LogP contribution in [-0.2, 0) is 5.41 Å². The average Bonchev–Trinajstić information content (AvgIpc) is 2.58. The Morgan fingerprint density at radius 1 is 1.18 bits per heavy atom. The van der Waals surface area contributed by atoms with Gasteiger partial charge in [-0.25, -0.2) is 0 Å². The van der Waals surface area contributed by atoms with E-state index in [0.717, 1.165) is 11.0 Å². The lowest BCUT2D eigenvalue weighted by Crippen LogP contribution is -2.11. The summed E-state index contributed by atoms with van der Waals surface area (Å²) in [7, 11) is 0. The number of aryl methyl sites for hydroxylation is 1. The van der Waals surface area contributed by atoms with E-state index in [9.17, 15) is 5.11 Å². The number of rotatable bonds is 1. The molecule has 1 unspecified atom stereocenters. The lowest BCUT2D eigenvalue weighted by Gasteiger charge is -2.19. The lowest BCUT2D eigenvalue weighted by atomic mass is 9.85. The zero-order chi connectivity index (χ0) is 12.8. The van der Waals surface area contributed by atoms with Crippen LogP contribution in [0.4, 0.5) is 0 Å². The van der Waals surface area contributed by atoms with Crippen LogP contribution in [0.3, 0.4) is 0 Å². The largest absolute Gasteiger partial charge is 0.458 e. The van der Waals surface area contributed by atoms with E-state index in [-0.39, 0.29) is 5.41 Å². The Labute approximate surface area is 102 Å². The molecule has 0 fully saturated rings. The molecule has 2 nitrogen and oxygen atoms in total. The van der Waals surface area contributed by atoms with Crippen LogP contribution in [0.25, 0.3) is 11.0 Å². The van der Waals surface area contributed by atoms with Gasteiger partial charge in [0.2, 0.25) is 0 Å². The molecule has 1 aromatic heterocycles. The summed E-state index contributed by atoms with van der Waals surface area (Å²) >= 11 is 0. The number of aliphatic hydroxyl groups is 1. The number of aliphatic hydroxyl groups excluding tert-OH is 1. The van der Waals surface area contributed by atoms with Gasteiger partial charge in [-0.2, -0.15) is 0 Å². The minimum Gasteiger partial charge on any atom is -0.458 e. The van der Waals surface area contributed by atoms with Crippen LogP contribution in [0.2, 0.25) is 0 Å². The molecule has 0 aliphatic rings. The summed E-state index contributed by atoms with van der Waals surface area (Å²) < 4.78 is 5.79. The van der Waals surface area contributed by atoms with Crippen molar-refractivity contribution in [1.82, 2.24) is 0 Å². The summed E-state index contributed by atoms with van der Waals surface area (Å²) in [6, 6.07) is 6.19. The first-order valence-electron chi connectivity index (χ1n) is 6.01. The fraction of sp³-hybridized carbons (Fsp3) is 0.467. The van der Waals surface area contributed by atoms with Gasteiger partial charge in [0.1, 0.15) is 17.4 Å². The average molecular weight is 232 g/mol. The van der Waals surface area contributed by atoms with Crippen LogP contribution in [0.15, 0.2) is 22.6 Å². The summed E-state index contributed by atoms with van der Waals surface area (Å²) in [6.45, 7) is 10.3. The standard InChI is InChI=1S/C15H20O2/c1-9-6-11-8-13(10(2)16)17-14(11)12(7-9)15(3,4)5/h6-8,10,16H,1-5H3. The lowest BCUT2D eigenvalue weighted by molar-refractivity contribution is 0.172. The van der Waals surface area contributed by atoms with E-state index >= 15 is 0 Å². The van der Waals surface area contributed by atoms with Crippen molar-refractivity contribution in [1.29, 1.82) is 0 Å². The van der Waals surface area contributed by atoms with Gasteiger partial charge >= 0.3 is 0 Å². The van der Waals surface area contributed by atoms with E-state index in [4.69, 9.17) is 4.42 Å². The summed E-state index contributed by atoms with van der Waals surface area (Å²) in [5.41, 5.74) is 3.36. The quantitative estimate of drug-likeness (QED) is 0.803. The molecule has 2 aromatic rings. The smallest absolute Gasteiger partial charge is 0.138 e. The number of hydrogen-bond acceptors (Lipinski definition) is 2. The van der Waals surface area contributed by atoms with Gasteiger partial charge in [0.25, 0.3) is 0 Å².